The summed E-state index contributed by atoms with van der Waals surface area (Å²) in [6.07, 6.45) is 2.97. The summed E-state index contributed by atoms with van der Waals surface area (Å²) in [5, 5.41) is 5.15. The van der Waals surface area contributed by atoms with Crippen molar-refractivity contribution in [3.8, 4) is 0 Å². The minimum atomic E-state index is 0.0884. The van der Waals surface area contributed by atoms with Crippen molar-refractivity contribution in [2.45, 2.75) is 26.3 Å². The van der Waals surface area contributed by atoms with Crippen molar-refractivity contribution in [3.63, 3.8) is 0 Å². The van der Waals surface area contributed by atoms with Crippen molar-refractivity contribution in [2.24, 2.45) is 0 Å². The highest BCUT2D eigenvalue weighted by Crippen LogP contribution is 2.22. The number of carbonyl (C=O) groups is 1. The highest BCUT2D eigenvalue weighted by molar-refractivity contribution is 6.31. The lowest BCUT2D eigenvalue weighted by Gasteiger charge is -2.29. The number of amides is 1. The fourth-order valence-corrected chi connectivity index (χ4v) is 3.39. The smallest absolute Gasteiger partial charge is 0.227 e. The molecule has 5 nitrogen and oxygen atoms in total. The molecule has 0 spiro atoms. The molecule has 3 heterocycles. The van der Waals surface area contributed by atoms with Crippen LogP contribution in [0.2, 0.25) is 5.02 Å². The molecule has 0 unspecified atom stereocenters. The zero-order chi connectivity index (χ0) is 16.7. The summed E-state index contributed by atoms with van der Waals surface area (Å²) >= 11 is 6.16. The number of aryl methyl sites for hydroxylation is 1. The van der Waals surface area contributed by atoms with E-state index in [0.29, 0.717) is 24.5 Å². The van der Waals surface area contributed by atoms with E-state index in [1.54, 1.807) is 0 Å². The van der Waals surface area contributed by atoms with Crippen molar-refractivity contribution in [3.05, 3.63) is 64.1 Å². The third kappa shape index (κ3) is 2.65. The molecule has 122 valence electrons. The summed E-state index contributed by atoms with van der Waals surface area (Å²) in [6.45, 7) is 3.22. The zero-order valence-electron chi connectivity index (χ0n) is 13.4. The van der Waals surface area contributed by atoms with E-state index >= 15 is 0 Å². The van der Waals surface area contributed by atoms with Gasteiger partial charge in [0.2, 0.25) is 5.91 Å². The lowest BCUT2D eigenvalue weighted by atomic mass is 10.1. The molecular weight excluding hydrogens is 324 g/mol. The first-order valence-electron chi connectivity index (χ1n) is 7.96. The number of aromatic nitrogens is 3. The topological polar surface area (TPSA) is 50.5 Å². The van der Waals surface area contributed by atoms with Gasteiger partial charge in [0.05, 0.1) is 17.8 Å². The van der Waals surface area contributed by atoms with Crippen molar-refractivity contribution >= 4 is 23.2 Å². The summed E-state index contributed by atoms with van der Waals surface area (Å²) in [5.74, 6) is 0.0884. The van der Waals surface area contributed by atoms with E-state index in [2.05, 4.69) is 10.1 Å². The monoisotopic (exact) mass is 340 g/mol. The average molecular weight is 341 g/mol. The van der Waals surface area contributed by atoms with Gasteiger partial charge in [-0.1, -0.05) is 29.8 Å². The highest BCUT2D eigenvalue weighted by Gasteiger charge is 2.23. The number of hydrogen-bond acceptors (Lipinski definition) is 3. The maximum atomic E-state index is 12.6. The highest BCUT2D eigenvalue weighted by atomic mass is 35.5. The molecule has 0 saturated heterocycles. The van der Waals surface area contributed by atoms with Gasteiger partial charge in [0, 0.05) is 42.4 Å². The van der Waals surface area contributed by atoms with E-state index in [1.165, 1.54) is 0 Å². The molecule has 3 aromatic rings. The van der Waals surface area contributed by atoms with Crippen molar-refractivity contribution in [1.82, 2.24) is 19.5 Å². The molecular formula is C18H17ClN4O. The third-order valence-corrected chi connectivity index (χ3v) is 4.79. The van der Waals surface area contributed by atoms with Gasteiger partial charge < -0.3 is 4.90 Å². The molecule has 0 aliphatic carbocycles. The van der Waals surface area contributed by atoms with E-state index < -0.39 is 0 Å². The predicted molar refractivity (Wildman–Crippen MR) is 92.0 cm³/mol. The summed E-state index contributed by atoms with van der Waals surface area (Å²) in [6, 6.07) is 9.46. The van der Waals surface area contributed by atoms with Gasteiger partial charge in [0.25, 0.3) is 0 Å². The standard InChI is InChI=1S/C18H17ClN4O/c1-12-8-17-20-10-14-11-22(7-6-16(14)23(17)21-12)18(24)9-13-4-2-3-5-15(13)19/h2-5,8,10H,6-7,9,11H2,1H3. The molecule has 1 aromatic carbocycles. The molecule has 0 atom stereocenters. The average Bonchev–Trinajstić information content (AvgIpc) is 2.97. The second kappa shape index (κ2) is 5.91. The number of rotatable bonds is 2. The van der Waals surface area contributed by atoms with Gasteiger partial charge in [-0.25, -0.2) is 9.50 Å². The number of nitrogens with zero attached hydrogens (tertiary/aromatic N) is 4. The van der Waals surface area contributed by atoms with Crippen LogP contribution in [0, 0.1) is 6.92 Å². The second-order valence-corrected chi connectivity index (χ2v) is 6.53. The molecule has 6 heteroatoms. The fraction of sp³-hybridized carbons (Fsp3) is 0.278. The minimum absolute atomic E-state index is 0.0884. The first kappa shape index (κ1) is 15.1. The van der Waals surface area contributed by atoms with Gasteiger partial charge in [0.15, 0.2) is 5.65 Å². The molecule has 1 aliphatic heterocycles. The largest absolute Gasteiger partial charge is 0.338 e. The summed E-state index contributed by atoms with van der Waals surface area (Å²) in [4.78, 5) is 18.9. The van der Waals surface area contributed by atoms with Crippen LogP contribution in [0.5, 0.6) is 0 Å². The quantitative estimate of drug-likeness (QED) is 0.720. The van der Waals surface area contributed by atoms with Gasteiger partial charge in [-0.05, 0) is 18.6 Å². The molecule has 0 N–H and O–H groups in total. The second-order valence-electron chi connectivity index (χ2n) is 6.12. The van der Waals surface area contributed by atoms with Crippen LogP contribution in [0.4, 0.5) is 0 Å². The van der Waals surface area contributed by atoms with Crippen LogP contribution in [-0.2, 0) is 24.2 Å². The maximum Gasteiger partial charge on any atom is 0.227 e. The summed E-state index contributed by atoms with van der Waals surface area (Å²) in [7, 11) is 0. The maximum absolute atomic E-state index is 12.6. The van der Waals surface area contributed by atoms with Crippen molar-refractivity contribution < 1.29 is 4.79 Å². The number of halogens is 1. The summed E-state index contributed by atoms with van der Waals surface area (Å²) < 4.78 is 1.90. The Hall–Kier alpha value is -2.40. The molecule has 1 amide bonds. The molecule has 0 fully saturated rings. The van der Waals surface area contributed by atoms with Gasteiger partial charge in [-0.3, -0.25) is 4.79 Å². The molecule has 0 saturated carbocycles. The van der Waals surface area contributed by atoms with Crippen molar-refractivity contribution in [2.75, 3.05) is 6.54 Å². The first-order valence-corrected chi connectivity index (χ1v) is 8.34. The van der Waals surface area contributed by atoms with E-state index in [0.717, 1.165) is 34.6 Å². The Labute approximate surface area is 144 Å². The van der Waals surface area contributed by atoms with Gasteiger partial charge in [-0.2, -0.15) is 5.10 Å². The molecule has 4 rings (SSSR count). The Kier molecular flexibility index (Phi) is 3.73. The summed E-state index contributed by atoms with van der Waals surface area (Å²) in [5.41, 5.74) is 4.89. The van der Waals surface area contributed by atoms with Gasteiger partial charge in [-0.15, -0.1) is 0 Å². The number of fused-ring (bicyclic) bond motifs is 3. The Morgan fingerprint density at radius 2 is 2.17 bits per heavy atom. The Balaban J connectivity index is 1.57. The van der Waals surface area contributed by atoms with E-state index in [1.807, 2.05) is 52.9 Å². The SMILES string of the molecule is Cc1cc2ncc3c(n2n1)CCN(C(=O)Cc1ccccc1Cl)C3. The minimum Gasteiger partial charge on any atom is -0.338 e. The number of carbonyl (C=O) groups excluding carboxylic acids is 1. The van der Waals surface area contributed by atoms with E-state index in [9.17, 15) is 4.79 Å². The lowest BCUT2D eigenvalue weighted by Crippen LogP contribution is -2.37. The van der Waals surface area contributed by atoms with E-state index in [-0.39, 0.29) is 5.91 Å². The van der Waals surface area contributed by atoms with Crippen LogP contribution in [-0.4, -0.2) is 31.9 Å². The first-order chi connectivity index (χ1) is 11.6. The molecule has 1 aliphatic rings. The van der Waals surface area contributed by atoms with Crippen LogP contribution in [0.1, 0.15) is 22.5 Å². The van der Waals surface area contributed by atoms with E-state index in [4.69, 9.17) is 11.6 Å². The van der Waals surface area contributed by atoms with Crippen LogP contribution in [0.15, 0.2) is 36.5 Å². The normalized spacial score (nSPS) is 14.0. The fourth-order valence-electron chi connectivity index (χ4n) is 3.18. The molecule has 0 bridgehead atoms. The Bertz CT molecular complexity index is 934. The van der Waals surface area contributed by atoms with Crippen LogP contribution < -0.4 is 0 Å². The van der Waals surface area contributed by atoms with Crippen molar-refractivity contribution in [1.29, 1.82) is 0 Å². The third-order valence-electron chi connectivity index (χ3n) is 4.42. The molecule has 24 heavy (non-hydrogen) atoms. The zero-order valence-corrected chi connectivity index (χ0v) is 14.1. The lowest BCUT2D eigenvalue weighted by molar-refractivity contribution is -0.131. The number of benzene rings is 1. The number of hydrogen-bond donors (Lipinski definition) is 0. The van der Waals surface area contributed by atoms with Crippen LogP contribution in [0.25, 0.3) is 5.65 Å². The Morgan fingerprint density at radius 3 is 3.00 bits per heavy atom. The van der Waals surface area contributed by atoms with Crippen LogP contribution >= 0.6 is 11.6 Å². The van der Waals surface area contributed by atoms with Gasteiger partial charge >= 0.3 is 0 Å². The van der Waals surface area contributed by atoms with Gasteiger partial charge in [0.1, 0.15) is 0 Å². The molecule has 0 radical (unpaired) electrons. The predicted octanol–water partition coefficient (Wildman–Crippen LogP) is 2.82. The Morgan fingerprint density at radius 1 is 1.33 bits per heavy atom. The molecule has 2 aromatic heterocycles. The van der Waals surface area contributed by atoms with Crippen LogP contribution in [0.3, 0.4) is 0 Å².